The Morgan fingerprint density at radius 2 is 1.95 bits per heavy atom. The maximum atomic E-state index is 6.02. The fourth-order valence-electron chi connectivity index (χ4n) is 2.21. The molecule has 106 valence electrons. The molecule has 0 spiro atoms. The zero-order chi connectivity index (χ0) is 14.7. The third-order valence-electron chi connectivity index (χ3n) is 3.39. The molecule has 4 heteroatoms. The van der Waals surface area contributed by atoms with Crippen LogP contribution in [0.25, 0.3) is 11.3 Å². The maximum Gasteiger partial charge on any atom is 0.131 e. The number of hydrogen-bond acceptors (Lipinski definition) is 4. The second-order valence-electron chi connectivity index (χ2n) is 4.93. The highest BCUT2D eigenvalue weighted by Gasteiger charge is 2.12. The van der Waals surface area contributed by atoms with Crippen molar-refractivity contribution < 1.29 is 4.74 Å². The lowest BCUT2D eigenvalue weighted by Crippen LogP contribution is -2.05. The maximum absolute atomic E-state index is 6.02. The first-order valence-corrected chi connectivity index (χ1v) is 6.84. The Kier molecular flexibility index (Phi) is 4.23. The third-order valence-corrected chi connectivity index (χ3v) is 3.39. The fourth-order valence-corrected chi connectivity index (χ4v) is 2.21. The van der Waals surface area contributed by atoms with Gasteiger partial charge in [0.25, 0.3) is 0 Å². The quantitative estimate of drug-likeness (QED) is 0.926. The van der Waals surface area contributed by atoms with Crippen molar-refractivity contribution in [2.45, 2.75) is 33.6 Å². The number of benzene rings is 1. The van der Waals surface area contributed by atoms with Crippen LogP contribution in [-0.4, -0.2) is 17.1 Å². The number of nitrogens with zero attached hydrogens (tertiary/aromatic N) is 2. The van der Waals surface area contributed by atoms with Gasteiger partial charge in [0.1, 0.15) is 17.4 Å². The summed E-state index contributed by atoms with van der Waals surface area (Å²) in [7, 11) is 1.67. The Hall–Kier alpha value is -2.10. The van der Waals surface area contributed by atoms with E-state index in [-0.39, 0.29) is 0 Å². The summed E-state index contributed by atoms with van der Waals surface area (Å²) in [5, 5.41) is 0. The lowest BCUT2D eigenvalue weighted by molar-refractivity contribution is 0.414. The molecule has 2 rings (SSSR count). The highest BCUT2D eigenvalue weighted by atomic mass is 16.5. The van der Waals surface area contributed by atoms with Crippen LogP contribution in [0.4, 0.5) is 5.82 Å². The van der Waals surface area contributed by atoms with E-state index in [0.717, 1.165) is 46.8 Å². The van der Waals surface area contributed by atoms with Crippen molar-refractivity contribution >= 4 is 5.82 Å². The molecule has 2 aromatic rings. The predicted octanol–water partition coefficient (Wildman–Crippen LogP) is 3.30. The molecule has 0 aliphatic heterocycles. The standard InChI is InChI=1S/C16H21N3O/c1-5-6-14-18-15(11(3)16(17)19-14)13-8-7-12(20-4)9-10(13)2/h7-9H,5-6H2,1-4H3,(H2,17,18,19). The first kappa shape index (κ1) is 14.3. The van der Waals surface area contributed by atoms with E-state index in [9.17, 15) is 0 Å². The molecule has 0 bridgehead atoms. The largest absolute Gasteiger partial charge is 0.497 e. The average molecular weight is 271 g/mol. The van der Waals surface area contributed by atoms with Crippen molar-refractivity contribution in [1.29, 1.82) is 0 Å². The highest BCUT2D eigenvalue weighted by Crippen LogP contribution is 2.29. The molecule has 0 unspecified atom stereocenters. The van der Waals surface area contributed by atoms with Crippen molar-refractivity contribution in [3.8, 4) is 17.0 Å². The molecule has 1 aromatic heterocycles. The summed E-state index contributed by atoms with van der Waals surface area (Å²) in [5.74, 6) is 2.22. The molecule has 2 N–H and O–H groups in total. The Bertz CT molecular complexity index is 623. The number of hydrogen-bond donors (Lipinski definition) is 1. The zero-order valence-corrected chi connectivity index (χ0v) is 12.5. The van der Waals surface area contributed by atoms with Crippen LogP contribution in [0.5, 0.6) is 5.75 Å². The van der Waals surface area contributed by atoms with Gasteiger partial charge in [0.15, 0.2) is 0 Å². The van der Waals surface area contributed by atoms with Crippen LogP contribution in [0.3, 0.4) is 0 Å². The third kappa shape index (κ3) is 2.74. The van der Waals surface area contributed by atoms with Crippen LogP contribution < -0.4 is 10.5 Å². The normalized spacial score (nSPS) is 10.6. The first-order valence-electron chi connectivity index (χ1n) is 6.84. The van der Waals surface area contributed by atoms with E-state index in [1.165, 1.54) is 0 Å². The molecule has 1 aromatic carbocycles. The van der Waals surface area contributed by atoms with E-state index >= 15 is 0 Å². The summed E-state index contributed by atoms with van der Waals surface area (Å²) in [6, 6.07) is 5.98. The Labute approximate surface area is 120 Å². The minimum Gasteiger partial charge on any atom is -0.497 e. The van der Waals surface area contributed by atoms with Gasteiger partial charge in [-0.1, -0.05) is 6.92 Å². The fraction of sp³-hybridized carbons (Fsp3) is 0.375. The van der Waals surface area contributed by atoms with E-state index < -0.39 is 0 Å². The van der Waals surface area contributed by atoms with Gasteiger partial charge in [0, 0.05) is 17.5 Å². The number of aryl methyl sites for hydroxylation is 2. The van der Waals surface area contributed by atoms with E-state index in [0.29, 0.717) is 5.82 Å². The summed E-state index contributed by atoms with van der Waals surface area (Å²) in [6.07, 6.45) is 1.84. The summed E-state index contributed by atoms with van der Waals surface area (Å²) in [4.78, 5) is 9.03. The minimum absolute atomic E-state index is 0.564. The number of methoxy groups -OCH3 is 1. The van der Waals surface area contributed by atoms with Gasteiger partial charge in [0.05, 0.1) is 12.8 Å². The molecule has 0 fully saturated rings. The van der Waals surface area contributed by atoms with Gasteiger partial charge < -0.3 is 10.5 Å². The van der Waals surface area contributed by atoms with Crippen LogP contribution in [0.2, 0.25) is 0 Å². The number of aromatic nitrogens is 2. The second kappa shape index (κ2) is 5.90. The minimum atomic E-state index is 0.564. The molecule has 0 radical (unpaired) electrons. The van der Waals surface area contributed by atoms with Crippen LogP contribution in [-0.2, 0) is 6.42 Å². The van der Waals surface area contributed by atoms with Crippen molar-refractivity contribution in [3.05, 3.63) is 35.2 Å². The van der Waals surface area contributed by atoms with Crippen LogP contribution in [0.1, 0.15) is 30.3 Å². The van der Waals surface area contributed by atoms with Crippen LogP contribution in [0.15, 0.2) is 18.2 Å². The number of nitrogen functional groups attached to an aromatic ring is 1. The molecule has 4 nitrogen and oxygen atoms in total. The predicted molar refractivity (Wildman–Crippen MR) is 81.9 cm³/mol. The van der Waals surface area contributed by atoms with E-state index in [4.69, 9.17) is 10.5 Å². The SMILES string of the molecule is CCCc1nc(N)c(C)c(-c2ccc(OC)cc2C)n1. The van der Waals surface area contributed by atoms with E-state index in [1.807, 2.05) is 25.1 Å². The molecule has 1 heterocycles. The Morgan fingerprint density at radius 3 is 2.55 bits per heavy atom. The van der Waals surface area contributed by atoms with Gasteiger partial charge in [-0.15, -0.1) is 0 Å². The Balaban J connectivity index is 2.56. The molecule has 0 saturated heterocycles. The average Bonchev–Trinajstić information content (AvgIpc) is 2.43. The number of anilines is 1. The van der Waals surface area contributed by atoms with Crippen molar-refractivity contribution in [3.63, 3.8) is 0 Å². The van der Waals surface area contributed by atoms with E-state index in [2.05, 4.69) is 23.8 Å². The smallest absolute Gasteiger partial charge is 0.131 e. The van der Waals surface area contributed by atoms with E-state index in [1.54, 1.807) is 7.11 Å². The van der Waals surface area contributed by atoms with Gasteiger partial charge in [-0.25, -0.2) is 9.97 Å². The number of ether oxygens (including phenoxy) is 1. The van der Waals surface area contributed by atoms with Crippen LogP contribution in [0, 0.1) is 13.8 Å². The van der Waals surface area contributed by atoms with Gasteiger partial charge in [-0.3, -0.25) is 0 Å². The van der Waals surface area contributed by atoms with Crippen molar-refractivity contribution in [1.82, 2.24) is 9.97 Å². The topological polar surface area (TPSA) is 61.0 Å². The van der Waals surface area contributed by atoms with Gasteiger partial charge in [-0.05, 0) is 44.0 Å². The zero-order valence-electron chi connectivity index (χ0n) is 12.5. The van der Waals surface area contributed by atoms with Gasteiger partial charge in [0.2, 0.25) is 0 Å². The molecule has 0 saturated carbocycles. The summed E-state index contributed by atoms with van der Waals surface area (Å²) in [6.45, 7) is 6.12. The summed E-state index contributed by atoms with van der Waals surface area (Å²) >= 11 is 0. The first-order chi connectivity index (χ1) is 9.56. The summed E-state index contributed by atoms with van der Waals surface area (Å²) < 4.78 is 5.24. The second-order valence-corrected chi connectivity index (χ2v) is 4.93. The Morgan fingerprint density at radius 1 is 1.20 bits per heavy atom. The number of rotatable bonds is 4. The molecule has 20 heavy (non-hydrogen) atoms. The van der Waals surface area contributed by atoms with Crippen molar-refractivity contribution in [2.75, 3.05) is 12.8 Å². The monoisotopic (exact) mass is 271 g/mol. The van der Waals surface area contributed by atoms with Gasteiger partial charge in [-0.2, -0.15) is 0 Å². The lowest BCUT2D eigenvalue weighted by Gasteiger charge is -2.13. The molecule has 0 atom stereocenters. The number of nitrogens with two attached hydrogens (primary N) is 1. The molecular weight excluding hydrogens is 250 g/mol. The molecule has 0 amide bonds. The molecular formula is C16H21N3O. The highest BCUT2D eigenvalue weighted by molar-refractivity contribution is 5.70. The molecule has 0 aliphatic rings. The lowest BCUT2D eigenvalue weighted by atomic mass is 10.0. The summed E-state index contributed by atoms with van der Waals surface area (Å²) in [5.41, 5.74) is 10.1. The van der Waals surface area contributed by atoms with Gasteiger partial charge >= 0.3 is 0 Å². The molecule has 0 aliphatic carbocycles. The van der Waals surface area contributed by atoms with Crippen LogP contribution >= 0.6 is 0 Å². The van der Waals surface area contributed by atoms with Crippen molar-refractivity contribution in [2.24, 2.45) is 0 Å².